The molecule has 26 heavy (non-hydrogen) atoms. The van der Waals surface area contributed by atoms with Crippen LogP contribution in [0.5, 0.6) is 11.5 Å². The summed E-state index contributed by atoms with van der Waals surface area (Å²) in [5.41, 5.74) is 0.978. The predicted molar refractivity (Wildman–Crippen MR) is 96.3 cm³/mol. The second kappa shape index (κ2) is 8.17. The normalized spacial score (nSPS) is 20.1. The summed E-state index contributed by atoms with van der Waals surface area (Å²) in [6.07, 6.45) is 6.00. The van der Waals surface area contributed by atoms with Gasteiger partial charge >= 0.3 is 5.97 Å². The van der Waals surface area contributed by atoms with Gasteiger partial charge in [-0.15, -0.1) is 0 Å². The van der Waals surface area contributed by atoms with E-state index in [0.717, 1.165) is 30.0 Å². The largest absolute Gasteiger partial charge is 0.493 e. The Hall–Kier alpha value is -2.63. The molecule has 1 saturated carbocycles. The van der Waals surface area contributed by atoms with Crippen molar-refractivity contribution in [1.29, 1.82) is 0 Å². The highest BCUT2D eigenvalue weighted by molar-refractivity contribution is 5.69. The zero-order valence-electron chi connectivity index (χ0n) is 15.1. The van der Waals surface area contributed by atoms with Crippen LogP contribution in [0.4, 0.5) is 0 Å². The van der Waals surface area contributed by atoms with Crippen molar-refractivity contribution in [2.45, 2.75) is 39.2 Å². The molecule has 1 heterocycles. The summed E-state index contributed by atoms with van der Waals surface area (Å²) in [5, 5.41) is 9.02. The first-order valence-corrected chi connectivity index (χ1v) is 8.89. The monoisotopic (exact) mass is 356 g/mol. The van der Waals surface area contributed by atoms with Crippen molar-refractivity contribution >= 4 is 5.97 Å². The standard InChI is InChI=1S/C20H24N2O4/c1-13(20(23)24)6-15-4-3-5-17(7-15)25-12-16-8-18(9-16)26-19-10-21-14(2)22-11-19/h3-5,7,10-11,13,16,18H,6,8-9,12H2,1-2H3,(H,23,24). The van der Waals surface area contributed by atoms with Gasteiger partial charge in [-0.05, 0) is 49.8 Å². The summed E-state index contributed by atoms with van der Waals surface area (Å²) < 4.78 is 11.7. The fourth-order valence-corrected chi connectivity index (χ4v) is 2.96. The minimum absolute atomic E-state index is 0.192. The van der Waals surface area contributed by atoms with E-state index in [1.54, 1.807) is 19.3 Å². The molecule has 1 unspecified atom stereocenters. The number of ether oxygens (including phenoxy) is 2. The van der Waals surface area contributed by atoms with E-state index in [1.165, 1.54) is 0 Å². The second-order valence-corrected chi connectivity index (χ2v) is 6.95. The molecular weight excluding hydrogens is 332 g/mol. The lowest BCUT2D eigenvalue weighted by molar-refractivity contribution is -0.141. The smallest absolute Gasteiger partial charge is 0.306 e. The summed E-state index contributed by atoms with van der Waals surface area (Å²) >= 11 is 0. The molecule has 1 N–H and O–H groups in total. The Kier molecular flexibility index (Phi) is 5.71. The minimum Gasteiger partial charge on any atom is -0.493 e. The zero-order valence-corrected chi connectivity index (χ0v) is 15.1. The Morgan fingerprint density at radius 3 is 2.69 bits per heavy atom. The van der Waals surface area contributed by atoms with Crippen molar-refractivity contribution in [1.82, 2.24) is 9.97 Å². The molecule has 6 nitrogen and oxygen atoms in total. The van der Waals surface area contributed by atoms with Gasteiger partial charge in [0.05, 0.1) is 31.0 Å². The highest BCUT2D eigenvalue weighted by Gasteiger charge is 2.31. The van der Waals surface area contributed by atoms with Crippen molar-refractivity contribution in [2.24, 2.45) is 11.8 Å². The summed E-state index contributed by atoms with van der Waals surface area (Å²) in [5.74, 6) is 1.51. The number of carboxylic acid groups (broad SMARTS) is 1. The van der Waals surface area contributed by atoms with Crippen LogP contribution >= 0.6 is 0 Å². The average molecular weight is 356 g/mol. The van der Waals surface area contributed by atoms with Gasteiger partial charge in [0.25, 0.3) is 0 Å². The van der Waals surface area contributed by atoms with Gasteiger partial charge in [-0.1, -0.05) is 19.1 Å². The van der Waals surface area contributed by atoms with Gasteiger partial charge in [-0.2, -0.15) is 0 Å². The molecule has 1 aliphatic carbocycles. The van der Waals surface area contributed by atoms with E-state index in [2.05, 4.69) is 9.97 Å². The van der Waals surface area contributed by atoms with Gasteiger partial charge in [0, 0.05) is 0 Å². The Labute approximate surface area is 153 Å². The number of hydrogen-bond donors (Lipinski definition) is 1. The van der Waals surface area contributed by atoms with E-state index >= 15 is 0 Å². The number of aliphatic carboxylic acids is 1. The van der Waals surface area contributed by atoms with Gasteiger partial charge in [0.1, 0.15) is 11.6 Å². The number of aryl methyl sites for hydroxylation is 1. The maximum Gasteiger partial charge on any atom is 0.306 e. The molecule has 0 amide bonds. The molecule has 0 aliphatic heterocycles. The molecular formula is C20H24N2O4. The van der Waals surface area contributed by atoms with Crippen molar-refractivity contribution < 1.29 is 19.4 Å². The number of carbonyl (C=O) groups is 1. The van der Waals surface area contributed by atoms with Crippen LogP contribution in [0.3, 0.4) is 0 Å². The lowest BCUT2D eigenvalue weighted by atomic mass is 9.83. The molecule has 1 aromatic carbocycles. The molecule has 1 aromatic heterocycles. The van der Waals surface area contributed by atoms with E-state index in [-0.39, 0.29) is 6.10 Å². The number of nitrogens with zero attached hydrogens (tertiary/aromatic N) is 2. The molecule has 138 valence electrons. The van der Waals surface area contributed by atoms with Crippen LogP contribution in [-0.4, -0.2) is 33.8 Å². The summed E-state index contributed by atoms with van der Waals surface area (Å²) in [7, 11) is 0. The molecule has 0 radical (unpaired) electrons. The van der Waals surface area contributed by atoms with Crippen molar-refractivity contribution in [3.05, 3.63) is 48.0 Å². The first kappa shape index (κ1) is 18.2. The molecule has 0 spiro atoms. The van der Waals surface area contributed by atoms with Crippen molar-refractivity contribution in [3.8, 4) is 11.5 Å². The quantitative estimate of drug-likeness (QED) is 0.782. The second-order valence-electron chi connectivity index (χ2n) is 6.95. The summed E-state index contributed by atoms with van der Waals surface area (Å²) in [4.78, 5) is 19.2. The lowest BCUT2D eigenvalue weighted by Gasteiger charge is -2.34. The third kappa shape index (κ3) is 4.94. The number of benzene rings is 1. The van der Waals surface area contributed by atoms with Crippen molar-refractivity contribution in [3.63, 3.8) is 0 Å². The van der Waals surface area contributed by atoms with Gasteiger partial charge in [-0.3, -0.25) is 4.79 Å². The van der Waals surface area contributed by atoms with Crippen LogP contribution < -0.4 is 9.47 Å². The Bertz CT molecular complexity index is 742. The molecule has 1 aliphatic rings. The molecule has 3 rings (SSSR count). The van der Waals surface area contributed by atoms with Crippen LogP contribution in [0.25, 0.3) is 0 Å². The van der Waals surface area contributed by atoms with E-state index in [4.69, 9.17) is 14.6 Å². The molecule has 1 fully saturated rings. The number of carboxylic acids is 1. The number of hydrogen-bond acceptors (Lipinski definition) is 5. The summed E-state index contributed by atoms with van der Waals surface area (Å²) in [6.45, 7) is 4.20. The SMILES string of the molecule is Cc1ncc(OC2CC(COc3cccc(CC(C)C(=O)O)c3)C2)cn1. The highest BCUT2D eigenvalue weighted by Crippen LogP contribution is 2.31. The first-order valence-electron chi connectivity index (χ1n) is 8.89. The summed E-state index contributed by atoms with van der Waals surface area (Å²) in [6, 6.07) is 7.67. The van der Waals surface area contributed by atoms with Gasteiger partial charge < -0.3 is 14.6 Å². The van der Waals surface area contributed by atoms with Crippen molar-refractivity contribution in [2.75, 3.05) is 6.61 Å². The fourth-order valence-electron chi connectivity index (χ4n) is 2.96. The molecule has 0 saturated heterocycles. The fraction of sp³-hybridized carbons (Fsp3) is 0.450. The van der Waals surface area contributed by atoms with E-state index < -0.39 is 11.9 Å². The average Bonchev–Trinajstić information content (AvgIpc) is 2.58. The third-order valence-corrected chi connectivity index (χ3v) is 4.60. The van der Waals surface area contributed by atoms with Crippen LogP contribution in [0, 0.1) is 18.8 Å². The van der Waals surface area contributed by atoms with Gasteiger partial charge in [0.15, 0.2) is 5.75 Å². The molecule has 2 aromatic rings. The Morgan fingerprint density at radius 2 is 2.00 bits per heavy atom. The van der Waals surface area contributed by atoms with Crippen LogP contribution in [-0.2, 0) is 11.2 Å². The van der Waals surface area contributed by atoms with E-state index in [0.29, 0.717) is 24.7 Å². The minimum atomic E-state index is -0.782. The van der Waals surface area contributed by atoms with E-state index in [9.17, 15) is 4.79 Å². The number of aromatic nitrogens is 2. The van der Waals surface area contributed by atoms with Crippen LogP contribution in [0.2, 0.25) is 0 Å². The van der Waals surface area contributed by atoms with E-state index in [1.807, 2.05) is 31.2 Å². The van der Waals surface area contributed by atoms with Gasteiger partial charge in [-0.25, -0.2) is 9.97 Å². The Balaban J connectivity index is 1.41. The maximum absolute atomic E-state index is 11.0. The zero-order chi connectivity index (χ0) is 18.5. The number of rotatable bonds is 8. The maximum atomic E-state index is 11.0. The van der Waals surface area contributed by atoms with Crippen LogP contribution in [0.15, 0.2) is 36.7 Å². The lowest BCUT2D eigenvalue weighted by Crippen LogP contribution is -2.37. The van der Waals surface area contributed by atoms with Gasteiger partial charge in [0.2, 0.25) is 0 Å². The third-order valence-electron chi connectivity index (χ3n) is 4.60. The molecule has 1 atom stereocenters. The highest BCUT2D eigenvalue weighted by atomic mass is 16.5. The van der Waals surface area contributed by atoms with Crippen LogP contribution in [0.1, 0.15) is 31.2 Å². The Morgan fingerprint density at radius 1 is 1.27 bits per heavy atom. The predicted octanol–water partition coefficient (Wildman–Crippen LogP) is 3.28. The molecule has 0 bridgehead atoms. The first-order chi connectivity index (χ1) is 12.5. The topological polar surface area (TPSA) is 81.5 Å². The molecule has 6 heteroatoms.